The van der Waals surface area contributed by atoms with E-state index in [1.165, 1.54) is 17.0 Å². The van der Waals surface area contributed by atoms with E-state index < -0.39 is 39.3 Å². The van der Waals surface area contributed by atoms with Crippen LogP contribution in [0.1, 0.15) is 23.7 Å². The summed E-state index contributed by atoms with van der Waals surface area (Å²) in [4.78, 5) is 38.3. The molecule has 12 heteroatoms. The van der Waals surface area contributed by atoms with E-state index in [4.69, 9.17) is 16.3 Å². The highest BCUT2D eigenvalue weighted by atomic mass is 35.5. The van der Waals surface area contributed by atoms with Crippen molar-refractivity contribution in [1.29, 1.82) is 0 Å². The average Bonchev–Trinajstić information content (AvgIpc) is 3.13. The number of benzene rings is 2. The molecule has 0 aromatic heterocycles. The van der Waals surface area contributed by atoms with Crippen molar-refractivity contribution in [3.63, 3.8) is 0 Å². The molecule has 1 atom stereocenters. The van der Waals surface area contributed by atoms with Gasteiger partial charge in [-0.1, -0.05) is 23.4 Å². The monoisotopic (exact) mass is 512 g/mol. The first-order valence-electron chi connectivity index (χ1n) is 9.98. The number of carbonyl (C=O) groups excluding carboxylic acids is 2. The van der Waals surface area contributed by atoms with Crippen LogP contribution in [0.15, 0.2) is 52.3 Å². The first kappa shape index (κ1) is 25.0. The fraction of sp³-hybridized carbons (Fsp3) is 0.333. The number of hydrogen-bond donors (Lipinski definition) is 0. The van der Waals surface area contributed by atoms with Gasteiger partial charge in [-0.05, 0) is 49.7 Å². The third-order valence-corrected chi connectivity index (χ3v) is 8.15. The Labute approximate surface area is 200 Å². The molecule has 0 radical (unpaired) electrons. The number of nitro groups is 1. The Bertz CT molecular complexity index is 1170. The van der Waals surface area contributed by atoms with Gasteiger partial charge in [-0.3, -0.25) is 14.9 Å². The summed E-state index contributed by atoms with van der Waals surface area (Å²) in [5.74, 6) is -1.49. The van der Waals surface area contributed by atoms with Crippen LogP contribution in [0.4, 0.5) is 5.69 Å². The summed E-state index contributed by atoms with van der Waals surface area (Å²) in [6.07, 6.45) is 0.342. The molecule has 1 saturated heterocycles. The first-order valence-corrected chi connectivity index (χ1v) is 13.0. The van der Waals surface area contributed by atoms with Gasteiger partial charge in [0, 0.05) is 28.6 Å². The molecule has 0 unspecified atom stereocenters. The average molecular weight is 513 g/mol. The van der Waals surface area contributed by atoms with E-state index in [-0.39, 0.29) is 29.3 Å². The molecule has 33 heavy (non-hydrogen) atoms. The minimum atomic E-state index is -3.17. The highest BCUT2D eigenvalue weighted by molar-refractivity contribution is 7.99. The number of ether oxygens (including phenoxy) is 1. The van der Waals surface area contributed by atoms with Crippen LogP contribution in [0.3, 0.4) is 0 Å². The molecule has 1 fully saturated rings. The molecule has 0 spiro atoms. The molecule has 1 aliphatic heterocycles. The van der Waals surface area contributed by atoms with Crippen LogP contribution in [-0.4, -0.2) is 60.8 Å². The molecule has 0 N–H and O–H groups in total. The number of halogens is 1. The molecule has 2 aromatic carbocycles. The molecule has 3 rings (SSSR count). The van der Waals surface area contributed by atoms with E-state index >= 15 is 0 Å². The maximum atomic E-state index is 12.5. The van der Waals surface area contributed by atoms with Gasteiger partial charge in [0.25, 0.3) is 11.6 Å². The zero-order valence-electron chi connectivity index (χ0n) is 17.6. The van der Waals surface area contributed by atoms with Crippen molar-refractivity contribution >= 4 is 50.8 Å². The number of amides is 1. The third kappa shape index (κ3) is 6.46. The van der Waals surface area contributed by atoms with Crippen LogP contribution in [0.25, 0.3) is 0 Å². The molecule has 1 aliphatic rings. The van der Waals surface area contributed by atoms with Crippen LogP contribution in [0.2, 0.25) is 5.02 Å². The van der Waals surface area contributed by atoms with Gasteiger partial charge in [0.1, 0.15) is 0 Å². The summed E-state index contributed by atoms with van der Waals surface area (Å²) in [6.45, 7) is 1.40. The van der Waals surface area contributed by atoms with E-state index in [1.807, 2.05) is 0 Å². The minimum Gasteiger partial charge on any atom is -0.452 e. The van der Waals surface area contributed by atoms with Crippen LogP contribution < -0.4 is 0 Å². The summed E-state index contributed by atoms with van der Waals surface area (Å²) < 4.78 is 28.5. The second-order valence-corrected chi connectivity index (χ2v) is 11.1. The number of carbonyl (C=O) groups is 2. The van der Waals surface area contributed by atoms with Crippen molar-refractivity contribution in [2.24, 2.45) is 0 Å². The largest absolute Gasteiger partial charge is 0.452 e. The highest BCUT2D eigenvalue weighted by Gasteiger charge is 2.34. The van der Waals surface area contributed by atoms with E-state index in [2.05, 4.69) is 0 Å². The van der Waals surface area contributed by atoms with Gasteiger partial charge in [-0.15, -0.1) is 0 Å². The molecule has 0 aliphatic carbocycles. The Morgan fingerprint density at radius 2 is 1.94 bits per heavy atom. The Balaban J connectivity index is 1.68. The summed E-state index contributed by atoms with van der Waals surface area (Å²) in [6, 6.07) is 10.3. The quantitative estimate of drug-likeness (QED) is 0.298. The fourth-order valence-electron chi connectivity index (χ4n) is 3.46. The van der Waals surface area contributed by atoms with Gasteiger partial charge < -0.3 is 9.64 Å². The lowest BCUT2D eigenvalue weighted by molar-refractivity contribution is -0.387. The highest BCUT2D eigenvalue weighted by Crippen LogP contribution is 2.36. The summed E-state index contributed by atoms with van der Waals surface area (Å²) in [5, 5.41) is 12.1. The molecular weight excluding hydrogens is 492 g/mol. The standard InChI is InChI=1S/C21H21ClN2O7S2/c1-2-23(16-9-10-33(29,30)13-16)20(25)12-31-21(26)14-3-8-19(18(11-14)24(27)28)32-17-6-4-15(22)5-7-17/h3-8,11,16H,2,9-10,12-13H2,1H3/t16-/m1/s1. The smallest absolute Gasteiger partial charge is 0.338 e. The lowest BCUT2D eigenvalue weighted by Crippen LogP contribution is -2.43. The first-order chi connectivity index (χ1) is 15.6. The topological polar surface area (TPSA) is 124 Å². The second-order valence-electron chi connectivity index (χ2n) is 7.31. The predicted octanol–water partition coefficient (Wildman–Crippen LogP) is 3.59. The van der Waals surface area contributed by atoms with Gasteiger partial charge in [0.2, 0.25) is 0 Å². The molecule has 0 bridgehead atoms. The van der Waals surface area contributed by atoms with Crippen LogP contribution in [0, 0.1) is 10.1 Å². The van der Waals surface area contributed by atoms with Crippen molar-refractivity contribution in [3.8, 4) is 0 Å². The molecule has 1 amide bonds. The van der Waals surface area contributed by atoms with E-state index in [1.54, 1.807) is 31.2 Å². The van der Waals surface area contributed by atoms with Crippen molar-refractivity contribution in [1.82, 2.24) is 4.90 Å². The third-order valence-electron chi connectivity index (χ3n) is 5.07. The summed E-state index contributed by atoms with van der Waals surface area (Å²) in [7, 11) is -3.17. The maximum absolute atomic E-state index is 12.5. The Kier molecular flexibility index (Phi) is 7.98. The lowest BCUT2D eigenvalue weighted by Gasteiger charge is -2.26. The number of esters is 1. The second kappa shape index (κ2) is 10.5. The predicted molar refractivity (Wildman–Crippen MR) is 123 cm³/mol. The van der Waals surface area contributed by atoms with Gasteiger partial charge in [0.15, 0.2) is 16.4 Å². The minimum absolute atomic E-state index is 0.0191. The lowest BCUT2D eigenvalue weighted by atomic mass is 10.2. The van der Waals surface area contributed by atoms with Crippen LogP contribution in [-0.2, 0) is 19.4 Å². The zero-order valence-corrected chi connectivity index (χ0v) is 20.0. The molecule has 0 saturated carbocycles. The molecular formula is C21H21ClN2O7S2. The molecule has 9 nitrogen and oxygen atoms in total. The fourth-order valence-corrected chi connectivity index (χ4v) is 6.21. The number of likely N-dealkylation sites (N-methyl/N-ethyl adjacent to an activating group) is 1. The number of sulfone groups is 1. The zero-order chi connectivity index (χ0) is 24.2. The van der Waals surface area contributed by atoms with Gasteiger partial charge in [-0.2, -0.15) is 0 Å². The van der Waals surface area contributed by atoms with E-state index in [0.29, 0.717) is 16.3 Å². The summed E-state index contributed by atoms with van der Waals surface area (Å²) in [5.41, 5.74) is -0.344. The molecule has 2 aromatic rings. The van der Waals surface area contributed by atoms with Crippen molar-refractivity contribution in [3.05, 3.63) is 63.2 Å². The van der Waals surface area contributed by atoms with Gasteiger partial charge in [0.05, 0.1) is 26.9 Å². The van der Waals surface area contributed by atoms with Crippen molar-refractivity contribution < 1.29 is 27.7 Å². The van der Waals surface area contributed by atoms with E-state index in [9.17, 15) is 28.1 Å². The Morgan fingerprint density at radius 1 is 1.24 bits per heavy atom. The number of rotatable bonds is 8. The Morgan fingerprint density at radius 3 is 2.52 bits per heavy atom. The maximum Gasteiger partial charge on any atom is 0.338 e. The summed E-state index contributed by atoms with van der Waals surface area (Å²) >= 11 is 7.01. The number of nitrogens with zero attached hydrogens (tertiary/aromatic N) is 2. The number of nitro benzene ring substituents is 1. The number of hydrogen-bond acceptors (Lipinski definition) is 8. The normalized spacial score (nSPS) is 16.8. The van der Waals surface area contributed by atoms with Gasteiger partial charge >= 0.3 is 5.97 Å². The van der Waals surface area contributed by atoms with Crippen LogP contribution >= 0.6 is 23.4 Å². The molecule has 176 valence electrons. The van der Waals surface area contributed by atoms with E-state index in [0.717, 1.165) is 22.7 Å². The van der Waals surface area contributed by atoms with Crippen molar-refractivity contribution in [2.45, 2.75) is 29.2 Å². The van der Waals surface area contributed by atoms with Crippen LogP contribution in [0.5, 0.6) is 0 Å². The molecule has 1 heterocycles. The van der Waals surface area contributed by atoms with Crippen molar-refractivity contribution in [2.75, 3.05) is 24.7 Å². The van der Waals surface area contributed by atoms with Gasteiger partial charge in [-0.25, -0.2) is 13.2 Å². The SMILES string of the molecule is CCN(C(=O)COC(=O)c1ccc(Sc2ccc(Cl)cc2)c([N+](=O)[O-])c1)[C@@H]1CCS(=O)(=O)C1. The Hall–Kier alpha value is -2.63.